The molecule has 1 amide bonds. The van der Waals surface area contributed by atoms with E-state index in [0.717, 1.165) is 50.7 Å². The van der Waals surface area contributed by atoms with Gasteiger partial charge in [-0.3, -0.25) is 4.79 Å². The minimum absolute atomic E-state index is 0. The number of hydrogen-bond donors (Lipinski definition) is 2. The van der Waals surface area contributed by atoms with Crippen molar-refractivity contribution in [2.24, 2.45) is 17.8 Å². The molecule has 3 aliphatic rings. The summed E-state index contributed by atoms with van der Waals surface area (Å²) in [6.45, 7) is 2.78. The molecule has 1 heterocycles. The maximum absolute atomic E-state index is 12.4. The van der Waals surface area contributed by atoms with Crippen LogP contribution < -0.4 is 10.6 Å². The molecule has 3 atom stereocenters. The Balaban J connectivity index is 0.00000161. The lowest BCUT2D eigenvalue weighted by Crippen LogP contribution is -2.38. The van der Waals surface area contributed by atoms with Crippen molar-refractivity contribution in [2.45, 2.75) is 51.4 Å². The molecule has 3 unspecified atom stereocenters. The Morgan fingerprint density at radius 1 is 1.19 bits per heavy atom. The highest BCUT2D eigenvalue weighted by molar-refractivity contribution is 5.85. The van der Waals surface area contributed by atoms with Gasteiger partial charge in [0, 0.05) is 19.0 Å². The third-order valence-electron chi connectivity index (χ3n) is 5.56. The Hall–Kier alpha value is -0.540. The molecule has 1 aliphatic heterocycles. The maximum Gasteiger partial charge on any atom is 0.223 e. The van der Waals surface area contributed by atoms with Gasteiger partial charge in [-0.15, -0.1) is 12.4 Å². The van der Waals surface area contributed by atoms with E-state index in [-0.39, 0.29) is 18.3 Å². The lowest BCUT2D eigenvalue weighted by atomic mass is 9.67. The molecule has 3 nitrogen and oxygen atoms in total. The highest BCUT2D eigenvalue weighted by atomic mass is 35.5. The quantitative estimate of drug-likeness (QED) is 0.786. The van der Waals surface area contributed by atoms with E-state index >= 15 is 0 Å². The van der Waals surface area contributed by atoms with Crippen LogP contribution >= 0.6 is 12.4 Å². The molecule has 2 saturated carbocycles. The number of carbonyl (C=O) groups is 1. The van der Waals surface area contributed by atoms with Gasteiger partial charge in [-0.05, 0) is 44.1 Å². The molecule has 120 valence electrons. The number of amides is 1. The summed E-state index contributed by atoms with van der Waals surface area (Å²) in [5.41, 5.74) is 1.39. The Labute approximate surface area is 134 Å². The van der Waals surface area contributed by atoms with Crippen LogP contribution in [0.3, 0.4) is 0 Å². The first-order valence-electron chi connectivity index (χ1n) is 8.49. The van der Waals surface area contributed by atoms with E-state index < -0.39 is 0 Å². The third-order valence-corrected chi connectivity index (χ3v) is 5.56. The van der Waals surface area contributed by atoms with Gasteiger partial charge in [0.2, 0.25) is 5.91 Å². The van der Waals surface area contributed by atoms with Gasteiger partial charge in [0.25, 0.3) is 0 Å². The van der Waals surface area contributed by atoms with Crippen LogP contribution in [0.4, 0.5) is 0 Å². The Bertz CT molecular complexity index is 383. The molecule has 0 aromatic heterocycles. The number of rotatable bonds is 3. The first-order valence-corrected chi connectivity index (χ1v) is 8.49. The van der Waals surface area contributed by atoms with E-state index in [9.17, 15) is 4.79 Å². The average Bonchev–Trinajstić information content (AvgIpc) is 2.53. The second-order valence-corrected chi connectivity index (χ2v) is 6.85. The fourth-order valence-corrected chi connectivity index (χ4v) is 4.29. The van der Waals surface area contributed by atoms with Crippen molar-refractivity contribution in [3.8, 4) is 0 Å². The fraction of sp³-hybridized carbons (Fsp3) is 0.824. The third kappa shape index (κ3) is 4.46. The number of halogens is 1. The van der Waals surface area contributed by atoms with Crippen molar-refractivity contribution in [1.29, 1.82) is 0 Å². The summed E-state index contributed by atoms with van der Waals surface area (Å²) >= 11 is 0. The average molecular weight is 313 g/mol. The summed E-state index contributed by atoms with van der Waals surface area (Å²) in [5.74, 6) is 2.37. The molecule has 0 saturated heterocycles. The zero-order valence-corrected chi connectivity index (χ0v) is 13.7. The van der Waals surface area contributed by atoms with Gasteiger partial charge in [0.1, 0.15) is 0 Å². The van der Waals surface area contributed by atoms with Crippen molar-refractivity contribution in [3.05, 3.63) is 11.6 Å². The van der Waals surface area contributed by atoms with Gasteiger partial charge in [0.05, 0.1) is 0 Å². The van der Waals surface area contributed by atoms with Gasteiger partial charge in [-0.1, -0.05) is 37.3 Å². The molecule has 0 aromatic rings. The summed E-state index contributed by atoms with van der Waals surface area (Å²) < 4.78 is 0. The first kappa shape index (κ1) is 16.8. The Morgan fingerprint density at radius 3 is 2.76 bits per heavy atom. The summed E-state index contributed by atoms with van der Waals surface area (Å²) in [5, 5.41) is 6.49. The number of hydrogen-bond acceptors (Lipinski definition) is 2. The molecule has 3 rings (SSSR count). The monoisotopic (exact) mass is 312 g/mol. The van der Waals surface area contributed by atoms with Crippen LogP contribution in [-0.2, 0) is 4.79 Å². The summed E-state index contributed by atoms with van der Waals surface area (Å²) in [6, 6.07) is 0. The van der Waals surface area contributed by atoms with Crippen molar-refractivity contribution in [1.82, 2.24) is 10.6 Å². The molecule has 0 aromatic carbocycles. The standard InChI is InChI=1S/C17H28N2O.ClH/c20-17(19-12-13-7-9-18-10-8-13)16-6-5-14-3-1-2-4-15(14)11-16;/h7,14-16,18H,1-6,8-12H2,(H,19,20);1H. The molecule has 2 N–H and O–H groups in total. The van der Waals surface area contributed by atoms with E-state index in [2.05, 4.69) is 16.7 Å². The van der Waals surface area contributed by atoms with Gasteiger partial charge in [-0.25, -0.2) is 0 Å². The lowest BCUT2D eigenvalue weighted by Gasteiger charge is -2.38. The molecule has 0 bridgehead atoms. The van der Waals surface area contributed by atoms with Crippen LogP contribution in [0.1, 0.15) is 51.4 Å². The van der Waals surface area contributed by atoms with E-state index in [1.54, 1.807) is 0 Å². The molecular formula is C17H29ClN2O. The molecule has 4 heteroatoms. The zero-order chi connectivity index (χ0) is 13.8. The van der Waals surface area contributed by atoms with Crippen LogP contribution in [0.15, 0.2) is 11.6 Å². The molecule has 21 heavy (non-hydrogen) atoms. The topological polar surface area (TPSA) is 41.1 Å². The van der Waals surface area contributed by atoms with Gasteiger partial charge in [0.15, 0.2) is 0 Å². The van der Waals surface area contributed by atoms with Crippen molar-refractivity contribution < 1.29 is 4.79 Å². The molecule has 0 spiro atoms. The molecular weight excluding hydrogens is 284 g/mol. The predicted octanol–water partition coefficient (Wildman–Crippen LogP) is 3.05. The Morgan fingerprint density at radius 2 is 2.00 bits per heavy atom. The minimum Gasteiger partial charge on any atom is -0.352 e. The normalized spacial score (nSPS) is 32.4. The van der Waals surface area contributed by atoms with Crippen LogP contribution in [0.2, 0.25) is 0 Å². The molecule has 2 aliphatic carbocycles. The number of carbonyl (C=O) groups excluding carboxylic acids is 1. The first-order chi connectivity index (χ1) is 9.83. The lowest BCUT2D eigenvalue weighted by molar-refractivity contribution is -0.127. The summed E-state index contributed by atoms with van der Waals surface area (Å²) in [6.07, 6.45) is 12.4. The largest absolute Gasteiger partial charge is 0.352 e. The van der Waals surface area contributed by atoms with Crippen molar-refractivity contribution >= 4 is 18.3 Å². The van der Waals surface area contributed by atoms with Crippen molar-refractivity contribution in [3.63, 3.8) is 0 Å². The number of nitrogens with one attached hydrogen (secondary N) is 2. The SMILES string of the molecule is Cl.O=C(NCC1=CCNCC1)C1CCC2CCCCC2C1. The highest BCUT2D eigenvalue weighted by Gasteiger charge is 2.34. The van der Waals surface area contributed by atoms with E-state index in [1.165, 1.54) is 37.7 Å². The molecule has 2 fully saturated rings. The van der Waals surface area contributed by atoms with Crippen LogP contribution in [0.25, 0.3) is 0 Å². The van der Waals surface area contributed by atoms with E-state index in [0.29, 0.717) is 5.91 Å². The second-order valence-electron chi connectivity index (χ2n) is 6.85. The van der Waals surface area contributed by atoms with E-state index in [4.69, 9.17) is 0 Å². The summed E-state index contributed by atoms with van der Waals surface area (Å²) in [4.78, 5) is 12.4. The van der Waals surface area contributed by atoms with Crippen LogP contribution in [0.5, 0.6) is 0 Å². The summed E-state index contributed by atoms with van der Waals surface area (Å²) in [7, 11) is 0. The molecule has 0 radical (unpaired) electrons. The second kappa shape index (κ2) is 8.19. The highest BCUT2D eigenvalue weighted by Crippen LogP contribution is 2.42. The zero-order valence-electron chi connectivity index (χ0n) is 12.9. The van der Waals surface area contributed by atoms with Gasteiger partial charge < -0.3 is 10.6 Å². The van der Waals surface area contributed by atoms with E-state index in [1.807, 2.05) is 0 Å². The Kier molecular flexibility index (Phi) is 6.56. The minimum atomic E-state index is 0. The van der Waals surface area contributed by atoms with Gasteiger partial charge >= 0.3 is 0 Å². The van der Waals surface area contributed by atoms with Crippen molar-refractivity contribution in [2.75, 3.05) is 19.6 Å². The maximum atomic E-state index is 12.4. The van der Waals surface area contributed by atoms with Crippen LogP contribution in [0, 0.1) is 17.8 Å². The fourth-order valence-electron chi connectivity index (χ4n) is 4.29. The van der Waals surface area contributed by atoms with Crippen LogP contribution in [-0.4, -0.2) is 25.5 Å². The predicted molar refractivity (Wildman–Crippen MR) is 88.6 cm³/mol. The van der Waals surface area contributed by atoms with Gasteiger partial charge in [-0.2, -0.15) is 0 Å². The number of fused-ring (bicyclic) bond motifs is 1. The smallest absolute Gasteiger partial charge is 0.223 e.